The van der Waals surface area contributed by atoms with Gasteiger partial charge in [0, 0.05) is 17.8 Å². The first-order chi connectivity index (χ1) is 12.2. The standard InChI is InChI=1S/C20H20N2O3/c1-2-12-25-13-11-19(23)21-15-16-7-6-8-17(14-16)20(24)22-18-9-4-3-5-10-18/h1,3-10,14H,11-13,15H2,(H,21,23)(H,22,24). The summed E-state index contributed by atoms with van der Waals surface area (Å²) in [6.45, 7) is 0.835. The van der Waals surface area contributed by atoms with Crippen molar-refractivity contribution < 1.29 is 14.3 Å². The van der Waals surface area contributed by atoms with E-state index in [1.165, 1.54) is 0 Å². The first kappa shape index (κ1) is 18.2. The lowest BCUT2D eigenvalue weighted by Crippen LogP contribution is -2.24. The van der Waals surface area contributed by atoms with Crippen molar-refractivity contribution in [2.24, 2.45) is 0 Å². The molecular formula is C20H20N2O3. The molecule has 0 saturated carbocycles. The van der Waals surface area contributed by atoms with Crippen LogP contribution in [0.2, 0.25) is 0 Å². The molecule has 0 aliphatic carbocycles. The number of nitrogens with one attached hydrogen (secondary N) is 2. The number of para-hydroxylation sites is 1. The average Bonchev–Trinajstić information content (AvgIpc) is 2.64. The van der Waals surface area contributed by atoms with Crippen LogP contribution in [0.25, 0.3) is 0 Å². The predicted molar refractivity (Wildman–Crippen MR) is 97.0 cm³/mol. The van der Waals surface area contributed by atoms with Gasteiger partial charge in [0.1, 0.15) is 6.61 Å². The van der Waals surface area contributed by atoms with Gasteiger partial charge in [0.2, 0.25) is 5.91 Å². The second kappa shape index (κ2) is 9.91. The lowest BCUT2D eigenvalue weighted by atomic mass is 10.1. The summed E-state index contributed by atoms with van der Waals surface area (Å²) in [6, 6.07) is 16.4. The second-order valence-corrected chi connectivity index (χ2v) is 5.30. The normalized spacial score (nSPS) is 9.88. The van der Waals surface area contributed by atoms with E-state index in [9.17, 15) is 9.59 Å². The number of hydrogen-bond acceptors (Lipinski definition) is 3. The van der Waals surface area contributed by atoms with Gasteiger partial charge >= 0.3 is 0 Å². The van der Waals surface area contributed by atoms with Crippen LogP contribution in [0.3, 0.4) is 0 Å². The number of benzene rings is 2. The molecule has 0 unspecified atom stereocenters. The van der Waals surface area contributed by atoms with Gasteiger partial charge in [-0.25, -0.2) is 0 Å². The second-order valence-electron chi connectivity index (χ2n) is 5.30. The van der Waals surface area contributed by atoms with E-state index in [1.807, 2.05) is 36.4 Å². The van der Waals surface area contributed by atoms with Crippen LogP contribution in [0.5, 0.6) is 0 Å². The number of hydrogen-bond donors (Lipinski definition) is 2. The third kappa shape index (κ3) is 6.50. The third-order valence-electron chi connectivity index (χ3n) is 3.37. The van der Waals surface area contributed by atoms with Crippen LogP contribution in [0, 0.1) is 12.3 Å². The monoisotopic (exact) mass is 336 g/mol. The van der Waals surface area contributed by atoms with Gasteiger partial charge in [0.05, 0.1) is 13.0 Å². The van der Waals surface area contributed by atoms with Crippen molar-refractivity contribution >= 4 is 17.5 Å². The molecule has 0 atom stereocenters. The van der Waals surface area contributed by atoms with Crippen molar-refractivity contribution in [3.05, 3.63) is 65.7 Å². The highest BCUT2D eigenvalue weighted by Crippen LogP contribution is 2.10. The first-order valence-electron chi connectivity index (χ1n) is 7.92. The van der Waals surface area contributed by atoms with Crippen LogP contribution >= 0.6 is 0 Å². The lowest BCUT2D eigenvalue weighted by molar-refractivity contribution is -0.122. The van der Waals surface area contributed by atoms with Crippen molar-refractivity contribution in [3.8, 4) is 12.3 Å². The molecule has 2 amide bonds. The van der Waals surface area contributed by atoms with Gasteiger partial charge < -0.3 is 15.4 Å². The molecule has 5 heteroatoms. The maximum atomic E-state index is 12.3. The predicted octanol–water partition coefficient (Wildman–Crippen LogP) is 2.60. The molecule has 25 heavy (non-hydrogen) atoms. The summed E-state index contributed by atoms with van der Waals surface area (Å²) in [6.07, 6.45) is 5.30. The summed E-state index contributed by atoms with van der Waals surface area (Å²) in [5.41, 5.74) is 2.12. The van der Waals surface area contributed by atoms with Crippen molar-refractivity contribution in [1.82, 2.24) is 5.32 Å². The Morgan fingerprint density at radius 3 is 2.64 bits per heavy atom. The topological polar surface area (TPSA) is 67.4 Å². The van der Waals surface area contributed by atoms with Gasteiger partial charge in [0.15, 0.2) is 0 Å². The zero-order chi connectivity index (χ0) is 17.9. The summed E-state index contributed by atoms with van der Waals surface area (Å²) >= 11 is 0. The Labute approximate surface area is 147 Å². The summed E-state index contributed by atoms with van der Waals surface area (Å²) in [7, 11) is 0. The highest BCUT2D eigenvalue weighted by molar-refractivity contribution is 6.04. The minimum absolute atomic E-state index is 0.129. The molecule has 2 aromatic carbocycles. The molecule has 2 N–H and O–H groups in total. The molecule has 0 radical (unpaired) electrons. The van der Waals surface area contributed by atoms with E-state index < -0.39 is 0 Å². The molecule has 128 valence electrons. The van der Waals surface area contributed by atoms with Crippen LogP contribution in [0.15, 0.2) is 54.6 Å². The summed E-state index contributed by atoms with van der Waals surface area (Å²) in [5, 5.41) is 5.62. The van der Waals surface area contributed by atoms with Crippen LogP contribution < -0.4 is 10.6 Å². The Bertz CT molecular complexity index is 751. The fourth-order valence-electron chi connectivity index (χ4n) is 2.13. The van der Waals surface area contributed by atoms with E-state index in [0.717, 1.165) is 11.3 Å². The first-order valence-corrected chi connectivity index (χ1v) is 7.92. The molecule has 0 aromatic heterocycles. The quantitative estimate of drug-likeness (QED) is 0.575. The maximum absolute atomic E-state index is 12.3. The van der Waals surface area contributed by atoms with Crippen LogP contribution in [-0.4, -0.2) is 25.0 Å². The number of rotatable bonds is 8. The van der Waals surface area contributed by atoms with Crippen LogP contribution in [-0.2, 0) is 16.1 Å². The highest BCUT2D eigenvalue weighted by atomic mass is 16.5. The van der Waals surface area contributed by atoms with Gasteiger partial charge in [-0.3, -0.25) is 9.59 Å². The van der Waals surface area contributed by atoms with Crippen molar-refractivity contribution in [2.75, 3.05) is 18.5 Å². The molecule has 0 aliphatic rings. The maximum Gasteiger partial charge on any atom is 0.255 e. The summed E-state index contributed by atoms with van der Waals surface area (Å²) < 4.78 is 5.06. The van der Waals surface area contributed by atoms with E-state index in [0.29, 0.717) is 12.1 Å². The number of carbonyl (C=O) groups excluding carboxylic acids is 2. The van der Waals surface area contributed by atoms with E-state index in [4.69, 9.17) is 11.2 Å². The minimum Gasteiger partial charge on any atom is -0.368 e. The summed E-state index contributed by atoms with van der Waals surface area (Å²) in [5.74, 6) is 2.02. The lowest BCUT2D eigenvalue weighted by Gasteiger charge is -2.08. The van der Waals surface area contributed by atoms with Gasteiger partial charge in [0.25, 0.3) is 5.91 Å². The van der Waals surface area contributed by atoms with Crippen molar-refractivity contribution in [2.45, 2.75) is 13.0 Å². The number of amides is 2. The van der Waals surface area contributed by atoms with E-state index in [-0.39, 0.29) is 31.4 Å². The molecule has 0 bridgehead atoms. The third-order valence-corrected chi connectivity index (χ3v) is 3.37. The van der Waals surface area contributed by atoms with Gasteiger partial charge in [-0.15, -0.1) is 6.42 Å². The van der Waals surface area contributed by atoms with Crippen LogP contribution in [0.1, 0.15) is 22.3 Å². The molecule has 0 aliphatic heterocycles. The Kier molecular flexibility index (Phi) is 7.23. The van der Waals surface area contributed by atoms with Gasteiger partial charge in [-0.2, -0.15) is 0 Å². The molecule has 2 aromatic rings. The Morgan fingerprint density at radius 2 is 1.88 bits per heavy atom. The average molecular weight is 336 g/mol. The molecular weight excluding hydrogens is 316 g/mol. The number of ether oxygens (including phenoxy) is 1. The van der Waals surface area contributed by atoms with E-state index >= 15 is 0 Å². The van der Waals surface area contributed by atoms with Crippen LogP contribution in [0.4, 0.5) is 5.69 Å². The molecule has 0 spiro atoms. The Balaban J connectivity index is 1.85. The molecule has 0 fully saturated rings. The molecule has 0 heterocycles. The largest absolute Gasteiger partial charge is 0.368 e. The summed E-state index contributed by atoms with van der Waals surface area (Å²) in [4.78, 5) is 24.0. The number of carbonyl (C=O) groups is 2. The van der Waals surface area contributed by atoms with Crippen molar-refractivity contribution in [3.63, 3.8) is 0 Å². The molecule has 5 nitrogen and oxygen atoms in total. The zero-order valence-electron chi connectivity index (χ0n) is 13.8. The smallest absolute Gasteiger partial charge is 0.255 e. The van der Waals surface area contributed by atoms with Gasteiger partial charge in [-0.05, 0) is 29.8 Å². The SMILES string of the molecule is C#CCOCCC(=O)NCc1cccc(C(=O)Nc2ccccc2)c1. The zero-order valence-corrected chi connectivity index (χ0v) is 13.8. The Hall–Kier alpha value is -3.10. The van der Waals surface area contributed by atoms with Crippen molar-refractivity contribution in [1.29, 1.82) is 0 Å². The minimum atomic E-state index is -0.193. The number of anilines is 1. The fourth-order valence-corrected chi connectivity index (χ4v) is 2.13. The highest BCUT2D eigenvalue weighted by Gasteiger charge is 2.07. The molecule has 2 rings (SSSR count). The van der Waals surface area contributed by atoms with Gasteiger partial charge in [-0.1, -0.05) is 36.3 Å². The van der Waals surface area contributed by atoms with E-state index in [1.54, 1.807) is 18.2 Å². The van der Waals surface area contributed by atoms with E-state index in [2.05, 4.69) is 16.6 Å². The number of terminal acetylenes is 1. The Morgan fingerprint density at radius 1 is 1.08 bits per heavy atom. The fraction of sp³-hybridized carbons (Fsp3) is 0.200. The molecule has 0 saturated heterocycles.